The van der Waals surface area contributed by atoms with Gasteiger partial charge < -0.3 is 13.9 Å². The summed E-state index contributed by atoms with van der Waals surface area (Å²) in [4.78, 5) is 46.5. The minimum atomic E-state index is -0.860. The minimum Gasteiger partial charge on any atom is -0.494 e. The number of nitrogens with zero attached hydrogens (tertiary/aromatic N) is 2. The molecule has 202 valence electrons. The van der Waals surface area contributed by atoms with Gasteiger partial charge in [0.05, 0.1) is 35.9 Å². The van der Waals surface area contributed by atoms with Crippen LogP contribution in [0, 0.1) is 12.8 Å². The molecule has 39 heavy (non-hydrogen) atoms. The van der Waals surface area contributed by atoms with Crippen molar-refractivity contribution in [1.82, 2.24) is 4.98 Å². The number of benzene rings is 2. The number of thiazole rings is 1. The molecule has 2 aromatic carbocycles. The number of aryl methyl sites for hydroxylation is 1. The van der Waals surface area contributed by atoms with Crippen LogP contribution in [0.4, 0.5) is 5.13 Å². The lowest BCUT2D eigenvalue weighted by Crippen LogP contribution is -2.29. The van der Waals surface area contributed by atoms with E-state index in [-0.39, 0.29) is 44.3 Å². The van der Waals surface area contributed by atoms with E-state index in [9.17, 15) is 14.4 Å². The number of carbonyl (C=O) groups is 2. The highest BCUT2D eigenvalue weighted by molar-refractivity contribution is 7.17. The van der Waals surface area contributed by atoms with Gasteiger partial charge in [-0.3, -0.25) is 14.5 Å². The van der Waals surface area contributed by atoms with Crippen LogP contribution in [-0.4, -0.2) is 30.1 Å². The molecule has 1 atom stereocenters. The van der Waals surface area contributed by atoms with E-state index < -0.39 is 17.9 Å². The van der Waals surface area contributed by atoms with Crippen LogP contribution in [-0.2, 0) is 4.74 Å². The molecule has 0 saturated heterocycles. The Morgan fingerprint density at radius 1 is 1.21 bits per heavy atom. The van der Waals surface area contributed by atoms with Crippen molar-refractivity contribution in [3.63, 3.8) is 0 Å². The summed E-state index contributed by atoms with van der Waals surface area (Å²) in [7, 11) is 0. The molecule has 1 amide bonds. The third kappa shape index (κ3) is 5.04. The number of fused-ring (bicyclic) bond motifs is 2. The molecule has 3 heterocycles. The van der Waals surface area contributed by atoms with E-state index in [1.54, 1.807) is 26.0 Å². The molecule has 0 radical (unpaired) electrons. The van der Waals surface area contributed by atoms with Crippen LogP contribution in [0.2, 0.25) is 5.02 Å². The lowest BCUT2D eigenvalue weighted by molar-refractivity contribution is 0.0531. The molecule has 4 aromatic rings. The van der Waals surface area contributed by atoms with Crippen LogP contribution in [0.15, 0.2) is 51.7 Å². The van der Waals surface area contributed by atoms with Gasteiger partial charge in [0, 0.05) is 5.02 Å². The van der Waals surface area contributed by atoms with Crippen molar-refractivity contribution in [2.24, 2.45) is 5.92 Å². The highest BCUT2D eigenvalue weighted by Gasteiger charge is 2.45. The van der Waals surface area contributed by atoms with Crippen LogP contribution < -0.4 is 15.1 Å². The van der Waals surface area contributed by atoms with E-state index in [4.69, 9.17) is 25.5 Å². The highest BCUT2D eigenvalue weighted by atomic mass is 35.5. The van der Waals surface area contributed by atoms with Gasteiger partial charge in [-0.2, -0.15) is 0 Å². The summed E-state index contributed by atoms with van der Waals surface area (Å²) in [5, 5.41) is 0.903. The summed E-state index contributed by atoms with van der Waals surface area (Å²) >= 11 is 7.22. The number of hydrogen-bond donors (Lipinski definition) is 0. The van der Waals surface area contributed by atoms with Gasteiger partial charge in [-0.15, -0.1) is 0 Å². The number of anilines is 1. The molecule has 1 aliphatic heterocycles. The zero-order valence-corrected chi connectivity index (χ0v) is 23.5. The molecule has 0 spiro atoms. The summed E-state index contributed by atoms with van der Waals surface area (Å²) < 4.78 is 17.1. The Morgan fingerprint density at radius 3 is 2.74 bits per heavy atom. The van der Waals surface area contributed by atoms with Crippen molar-refractivity contribution in [2.45, 2.75) is 40.2 Å². The smallest absolute Gasteiger partial charge is 0.350 e. The number of aromatic nitrogens is 1. The fraction of sp³-hybridized carbons (Fsp3) is 0.310. The molecule has 0 aliphatic carbocycles. The maximum atomic E-state index is 13.9. The van der Waals surface area contributed by atoms with Crippen molar-refractivity contribution in [3.05, 3.63) is 85.2 Å². The first-order valence-electron chi connectivity index (χ1n) is 12.7. The third-order valence-electron chi connectivity index (χ3n) is 6.42. The summed E-state index contributed by atoms with van der Waals surface area (Å²) in [6, 6.07) is 11.1. The fourth-order valence-electron chi connectivity index (χ4n) is 4.52. The number of amides is 1. The number of rotatable bonds is 8. The Kier molecular flexibility index (Phi) is 7.46. The number of esters is 1. The largest absolute Gasteiger partial charge is 0.494 e. The molecule has 0 saturated carbocycles. The zero-order valence-electron chi connectivity index (χ0n) is 21.9. The molecular weight excluding hydrogens is 540 g/mol. The van der Waals surface area contributed by atoms with Crippen molar-refractivity contribution in [3.8, 4) is 5.75 Å². The van der Waals surface area contributed by atoms with E-state index in [2.05, 4.69) is 18.8 Å². The number of ether oxygens (including phenoxy) is 2. The predicted octanol–water partition coefficient (Wildman–Crippen LogP) is 6.56. The summed E-state index contributed by atoms with van der Waals surface area (Å²) in [5.74, 6) is -0.0236. The van der Waals surface area contributed by atoms with Crippen LogP contribution in [0.25, 0.3) is 11.0 Å². The van der Waals surface area contributed by atoms with Crippen LogP contribution in [0.3, 0.4) is 0 Å². The molecule has 1 aliphatic rings. The molecule has 5 rings (SSSR count). The first-order chi connectivity index (χ1) is 18.7. The van der Waals surface area contributed by atoms with E-state index in [1.165, 1.54) is 11.0 Å². The Morgan fingerprint density at radius 2 is 2.00 bits per heavy atom. The quantitative estimate of drug-likeness (QED) is 0.223. The number of hydrogen-bond acceptors (Lipinski definition) is 8. The second-order valence-corrected chi connectivity index (χ2v) is 11.0. The van der Waals surface area contributed by atoms with E-state index in [0.29, 0.717) is 34.6 Å². The lowest BCUT2D eigenvalue weighted by Gasteiger charge is -2.23. The van der Waals surface area contributed by atoms with Crippen molar-refractivity contribution in [2.75, 3.05) is 18.1 Å². The number of halogens is 1. The Labute approximate surface area is 234 Å². The minimum absolute atomic E-state index is 0.0727. The average molecular weight is 567 g/mol. The first-order valence-corrected chi connectivity index (χ1v) is 13.9. The Hall–Kier alpha value is -3.69. The summed E-state index contributed by atoms with van der Waals surface area (Å²) in [6.45, 7) is 8.38. The average Bonchev–Trinajstić information content (AvgIpc) is 3.42. The first kappa shape index (κ1) is 26.9. The molecule has 0 fully saturated rings. The van der Waals surface area contributed by atoms with Crippen molar-refractivity contribution in [1.29, 1.82) is 0 Å². The topological polar surface area (TPSA) is 98.9 Å². The van der Waals surface area contributed by atoms with Gasteiger partial charge in [0.1, 0.15) is 16.2 Å². The van der Waals surface area contributed by atoms with E-state index in [1.807, 2.05) is 24.3 Å². The zero-order chi connectivity index (χ0) is 27.8. The molecule has 0 N–H and O–H groups in total. The predicted molar refractivity (Wildman–Crippen MR) is 150 cm³/mol. The fourth-order valence-corrected chi connectivity index (χ4v) is 5.68. The maximum absolute atomic E-state index is 13.9. The van der Waals surface area contributed by atoms with Gasteiger partial charge in [-0.05, 0) is 62.1 Å². The van der Waals surface area contributed by atoms with Crippen LogP contribution in [0.5, 0.6) is 5.75 Å². The lowest BCUT2D eigenvalue weighted by atomic mass is 9.98. The monoisotopic (exact) mass is 566 g/mol. The highest BCUT2D eigenvalue weighted by Crippen LogP contribution is 2.44. The Balaban J connectivity index is 1.68. The number of carbonyl (C=O) groups excluding carboxylic acids is 2. The standard InChI is InChI=1S/C29H27ClN2O6S/c1-5-36-28(35)26-16(4)31-29(39-26)32-23(17-7-6-8-19(13-17)37-12-11-15(2)3)22-24(33)20-14-18(30)9-10-21(20)38-25(22)27(32)34/h6-10,13-15,23H,5,11-12H2,1-4H3. The maximum Gasteiger partial charge on any atom is 0.350 e. The molecule has 0 bridgehead atoms. The van der Waals surface area contributed by atoms with Gasteiger partial charge >= 0.3 is 5.97 Å². The van der Waals surface area contributed by atoms with E-state index in [0.717, 1.165) is 17.8 Å². The third-order valence-corrected chi connectivity index (χ3v) is 7.79. The van der Waals surface area contributed by atoms with Gasteiger partial charge in [-0.1, -0.05) is 48.9 Å². The molecule has 2 aromatic heterocycles. The van der Waals surface area contributed by atoms with Crippen molar-refractivity contribution >= 4 is 50.9 Å². The molecular formula is C29H27ClN2O6S. The molecule has 8 nitrogen and oxygen atoms in total. The van der Waals surface area contributed by atoms with E-state index >= 15 is 0 Å². The second kappa shape index (κ2) is 10.8. The van der Waals surface area contributed by atoms with Gasteiger partial charge in [-0.25, -0.2) is 9.78 Å². The Bertz CT molecular complexity index is 1640. The summed E-state index contributed by atoms with van der Waals surface area (Å²) in [5.41, 5.74) is 1.14. The molecule has 1 unspecified atom stereocenters. The van der Waals surface area contributed by atoms with Crippen LogP contribution in [0.1, 0.15) is 70.3 Å². The van der Waals surface area contributed by atoms with Gasteiger partial charge in [0.25, 0.3) is 5.91 Å². The second-order valence-electron chi connectivity index (χ2n) is 9.63. The summed E-state index contributed by atoms with van der Waals surface area (Å²) in [6.07, 6.45) is 0.881. The van der Waals surface area contributed by atoms with Gasteiger partial charge in [0.2, 0.25) is 5.76 Å². The van der Waals surface area contributed by atoms with Crippen molar-refractivity contribution < 1.29 is 23.5 Å². The molecule has 10 heteroatoms. The van der Waals surface area contributed by atoms with Crippen LogP contribution >= 0.6 is 22.9 Å². The SMILES string of the molecule is CCOC(=O)c1sc(N2C(=O)c3oc4ccc(Cl)cc4c(=O)c3C2c2cccc(OCCC(C)C)c2)nc1C. The normalized spacial score (nSPS) is 14.8. The van der Waals surface area contributed by atoms with Gasteiger partial charge in [0.15, 0.2) is 10.6 Å².